The Balaban J connectivity index is 0.000000159. The average Bonchev–Trinajstić information content (AvgIpc) is 2.90. The number of Topliss-reactive ketones (excluding diaryl/α,β-unsaturated/α-hetero) is 1. The molecule has 2 aliphatic carbocycles. The first kappa shape index (κ1) is 27.8. The number of carbonyl (C=O) groups is 4. The second-order valence-corrected chi connectivity index (χ2v) is 8.94. The molecule has 3 amide bonds. The molecule has 5 rings (SSSR count). The number of nitrogens with zero attached hydrogens (tertiary/aromatic N) is 2. The number of hydrogen-bond acceptors (Lipinski definition) is 6. The van der Waals surface area contributed by atoms with Crippen molar-refractivity contribution in [2.24, 2.45) is 0 Å². The van der Waals surface area contributed by atoms with E-state index in [4.69, 9.17) is 23.2 Å². The molecule has 192 valence electrons. The van der Waals surface area contributed by atoms with E-state index >= 15 is 0 Å². The Morgan fingerprint density at radius 3 is 1.95 bits per heavy atom. The van der Waals surface area contributed by atoms with Gasteiger partial charge in [0.05, 0.1) is 5.69 Å². The number of rotatable bonds is 6. The van der Waals surface area contributed by atoms with Gasteiger partial charge >= 0.3 is 0 Å². The van der Waals surface area contributed by atoms with E-state index in [1.807, 2.05) is 36.5 Å². The molecule has 0 saturated heterocycles. The number of halogens is 2. The normalized spacial score (nSPS) is 12.7. The summed E-state index contributed by atoms with van der Waals surface area (Å²) in [6.45, 7) is 0. The molecule has 1 heterocycles. The maximum absolute atomic E-state index is 11.4. The monoisotopic (exact) mass is 541 g/mol. The standard InChI is InChI=1S/C12H9ClN2.C10H9ClO.C4H7N3O3/c13-10-3-4-11-8(5-10)1-2-9-6-14-7-15-12(9)11;11-8-4-5-9-7(6-8)2-1-3-10(9)12;8-1-5-4(6-2-9)7-3-10/h3-7H,1-2H2;4-6H,1-3H2;1-4H,(H,5,8)(H,6,9)(H,7,10). The number of amides is 3. The highest BCUT2D eigenvalue weighted by atomic mass is 35.5. The molecule has 0 atom stereocenters. The van der Waals surface area contributed by atoms with Gasteiger partial charge in [0.1, 0.15) is 6.33 Å². The summed E-state index contributed by atoms with van der Waals surface area (Å²) in [6, 6.07) is 11.5. The van der Waals surface area contributed by atoms with E-state index < -0.39 is 6.29 Å². The van der Waals surface area contributed by atoms with Gasteiger partial charge in [-0.05, 0) is 72.7 Å². The van der Waals surface area contributed by atoms with Gasteiger partial charge in [0.2, 0.25) is 19.2 Å². The third kappa shape index (κ3) is 7.83. The molecule has 0 fully saturated rings. The van der Waals surface area contributed by atoms with E-state index in [9.17, 15) is 19.2 Å². The predicted molar refractivity (Wildman–Crippen MR) is 140 cm³/mol. The highest BCUT2D eigenvalue weighted by molar-refractivity contribution is 6.31. The largest absolute Gasteiger partial charge is 0.321 e. The van der Waals surface area contributed by atoms with Gasteiger partial charge in [-0.3, -0.25) is 19.2 Å². The fourth-order valence-electron chi connectivity index (χ4n) is 4.02. The smallest absolute Gasteiger partial charge is 0.210 e. The maximum atomic E-state index is 11.4. The van der Waals surface area contributed by atoms with Gasteiger partial charge in [0.15, 0.2) is 12.1 Å². The Hall–Kier alpha value is -3.82. The summed E-state index contributed by atoms with van der Waals surface area (Å²) >= 11 is 11.8. The lowest BCUT2D eigenvalue weighted by atomic mass is 9.90. The fraction of sp³-hybridized carbons (Fsp3) is 0.231. The fourth-order valence-corrected chi connectivity index (χ4v) is 4.41. The summed E-state index contributed by atoms with van der Waals surface area (Å²) in [5, 5.41) is 7.88. The minimum atomic E-state index is -0.826. The van der Waals surface area contributed by atoms with Crippen LogP contribution in [0.3, 0.4) is 0 Å². The van der Waals surface area contributed by atoms with Crippen LogP contribution in [0.4, 0.5) is 0 Å². The summed E-state index contributed by atoms with van der Waals surface area (Å²) in [5.41, 5.74) is 6.75. The highest BCUT2D eigenvalue weighted by Gasteiger charge is 2.17. The van der Waals surface area contributed by atoms with Crippen LogP contribution in [-0.4, -0.2) is 41.3 Å². The zero-order valence-corrected chi connectivity index (χ0v) is 21.3. The van der Waals surface area contributed by atoms with Crippen molar-refractivity contribution >= 4 is 48.2 Å². The maximum Gasteiger partial charge on any atom is 0.210 e. The minimum absolute atomic E-state index is 0.257. The molecule has 37 heavy (non-hydrogen) atoms. The Labute approximate surface area is 224 Å². The predicted octanol–water partition coefficient (Wildman–Crippen LogP) is 3.26. The third-order valence-electron chi connectivity index (χ3n) is 5.70. The van der Waals surface area contributed by atoms with Crippen LogP contribution < -0.4 is 16.0 Å². The molecule has 0 radical (unpaired) electrons. The molecule has 0 saturated carbocycles. The lowest BCUT2D eigenvalue weighted by Gasteiger charge is -2.17. The van der Waals surface area contributed by atoms with Crippen molar-refractivity contribution in [3.8, 4) is 11.3 Å². The number of hydrogen-bond donors (Lipinski definition) is 3. The molecule has 3 N–H and O–H groups in total. The van der Waals surface area contributed by atoms with Crippen LogP contribution in [0.2, 0.25) is 10.0 Å². The first-order valence-corrected chi connectivity index (χ1v) is 12.2. The minimum Gasteiger partial charge on any atom is -0.321 e. The highest BCUT2D eigenvalue weighted by Crippen LogP contribution is 2.32. The first-order valence-electron chi connectivity index (χ1n) is 11.4. The molecule has 2 aliphatic rings. The van der Waals surface area contributed by atoms with Crippen LogP contribution in [-0.2, 0) is 33.6 Å². The molecule has 0 bridgehead atoms. The van der Waals surface area contributed by atoms with Crippen molar-refractivity contribution in [3.05, 3.63) is 81.2 Å². The van der Waals surface area contributed by atoms with E-state index in [0.29, 0.717) is 25.7 Å². The van der Waals surface area contributed by atoms with Crippen molar-refractivity contribution in [2.75, 3.05) is 0 Å². The van der Waals surface area contributed by atoms with E-state index in [0.717, 1.165) is 52.5 Å². The van der Waals surface area contributed by atoms with Crippen molar-refractivity contribution in [2.45, 2.75) is 38.4 Å². The third-order valence-corrected chi connectivity index (χ3v) is 6.17. The van der Waals surface area contributed by atoms with Crippen LogP contribution >= 0.6 is 23.2 Å². The van der Waals surface area contributed by atoms with E-state index in [1.54, 1.807) is 12.4 Å². The van der Waals surface area contributed by atoms with Crippen molar-refractivity contribution in [1.82, 2.24) is 25.9 Å². The number of fused-ring (bicyclic) bond motifs is 4. The van der Waals surface area contributed by atoms with Gasteiger partial charge in [-0.15, -0.1) is 0 Å². The molecule has 11 heteroatoms. The molecular weight excluding hydrogens is 517 g/mol. The number of benzene rings is 2. The van der Waals surface area contributed by atoms with Gasteiger partial charge in [-0.2, -0.15) is 0 Å². The van der Waals surface area contributed by atoms with Crippen LogP contribution in [0.1, 0.15) is 39.9 Å². The molecular formula is C26H25Cl2N5O4. The quantitative estimate of drug-likeness (QED) is 0.324. The van der Waals surface area contributed by atoms with Crippen LogP contribution in [0, 0.1) is 0 Å². The van der Waals surface area contributed by atoms with Crippen molar-refractivity contribution < 1.29 is 19.2 Å². The van der Waals surface area contributed by atoms with Gasteiger partial charge in [0, 0.05) is 33.8 Å². The molecule has 9 nitrogen and oxygen atoms in total. The van der Waals surface area contributed by atoms with E-state index in [2.05, 4.69) is 25.9 Å². The average molecular weight is 542 g/mol. The molecule has 0 spiro atoms. The van der Waals surface area contributed by atoms with Gasteiger partial charge in [-0.25, -0.2) is 9.97 Å². The zero-order valence-electron chi connectivity index (χ0n) is 19.7. The first-order chi connectivity index (χ1) is 18.0. The second kappa shape index (κ2) is 14.1. The van der Waals surface area contributed by atoms with Crippen LogP contribution in [0.15, 0.2) is 48.9 Å². The Bertz CT molecular complexity index is 1250. The Morgan fingerprint density at radius 1 is 0.757 bits per heavy atom. The topological polar surface area (TPSA) is 130 Å². The lowest BCUT2D eigenvalue weighted by Crippen LogP contribution is -2.51. The van der Waals surface area contributed by atoms with E-state index in [-0.39, 0.29) is 5.78 Å². The molecule has 1 aromatic heterocycles. The van der Waals surface area contributed by atoms with Crippen LogP contribution in [0.25, 0.3) is 11.3 Å². The number of aromatic nitrogens is 2. The van der Waals surface area contributed by atoms with E-state index in [1.165, 1.54) is 16.7 Å². The lowest BCUT2D eigenvalue weighted by molar-refractivity contribution is -0.114. The summed E-state index contributed by atoms with van der Waals surface area (Å²) in [4.78, 5) is 49.0. The Kier molecular flexibility index (Phi) is 10.5. The molecule has 3 aromatic rings. The summed E-state index contributed by atoms with van der Waals surface area (Å²) in [6.07, 6.45) is 8.42. The number of carbonyl (C=O) groups excluding carboxylic acids is 4. The Morgan fingerprint density at radius 2 is 1.32 bits per heavy atom. The number of nitrogens with one attached hydrogen (secondary N) is 3. The summed E-state index contributed by atoms with van der Waals surface area (Å²) in [7, 11) is 0. The molecule has 2 aromatic carbocycles. The van der Waals surface area contributed by atoms with Crippen LogP contribution in [0.5, 0.6) is 0 Å². The van der Waals surface area contributed by atoms with Crippen molar-refractivity contribution in [1.29, 1.82) is 0 Å². The zero-order chi connectivity index (χ0) is 26.6. The SMILES string of the molecule is Clc1ccc2c(c1)CCc1cncnc1-2.O=C1CCCc2cc(Cl)ccc21.O=CNC(NC=O)NC=O. The van der Waals surface area contributed by atoms with Gasteiger partial charge in [-0.1, -0.05) is 29.3 Å². The molecule has 0 unspecified atom stereocenters. The molecule has 0 aliphatic heterocycles. The number of ketones is 1. The second-order valence-electron chi connectivity index (χ2n) is 8.06. The summed E-state index contributed by atoms with van der Waals surface area (Å²) in [5.74, 6) is 0.257. The van der Waals surface area contributed by atoms with Gasteiger partial charge < -0.3 is 16.0 Å². The summed E-state index contributed by atoms with van der Waals surface area (Å²) < 4.78 is 0. The van der Waals surface area contributed by atoms with Crippen molar-refractivity contribution in [3.63, 3.8) is 0 Å². The number of aryl methyl sites for hydroxylation is 3. The van der Waals surface area contributed by atoms with Gasteiger partial charge in [0.25, 0.3) is 0 Å².